The van der Waals surface area contributed by atoms with E-state index in [2.05, 4.69) is 11.9 Å². The van der Waals surface area contributed by atoms with Crippen molar-refractivity contribution in [3.05, 3.63) is 48.6 Å². The van der Waals surface area contributed by atoms with Crippen LogP contribution in [0.4, 0.5) is 0 Å². The van der Waals surface area contributed by atoms with E-state index in [0.29, 0.717) is 19.6 Å². The molecule has 0 aliphatic carbocycles. The number of ether oxygens (including phenoxy) is 1. The van der Waals surface area contributed by atoms with Crippen molar-refractivity contribution in [3.63, 3.8) is 0 Å². The second-order valence-corrected chi connectivity index (χ2v) is 4.62. The Hall–Kier alpha value is -2.14. The number of amides is 1. The summed E-state index contributed by atoms with van der Waals surface area (Å²) in [5.74, 6) is -1.31. The second-order valence-electron chi connectivity index (χ2n) is 4.62. The number of aliphatic carboxylic acids is 1. The van der Waals surface area contributed by atoms with E-state index in [1.807, 2.05) is 30.3 Å². The molecule has 114 valence electrons. The first-order chi connectivity index (χ1) is 10.1. The first-order valence-corrected chi connectivity index (χ1v) is 6.88. The maximum absolute atomic E-state index is 11.7. The van der Waals surface area contributed by atoms with Gasteiger partial charge in [0.05, 0.1) is 6.61 Å². The molecule has 1 rings (SSSR count). The molecule has 0 radical (unpaired) electrons. The Morgan fingerprint density at radius 1 is 1.33 bits per heavy atom. The smallest absolute Gasteiger partial charge is 0.326 e. The normalized spacial score (nSPS) is 11.6. The van der Waals surface area contributed by atoms with Crippen LogP contribution in [0.3, 0.4) is 0 Å². The molecule has 0 aliphatic rings. The summed E-state index contributed by atoms with van der Waals surface area (Å²) < 4.78 is 5.17. The number of hydrogen-bond donors (Lipinski definition) is 2. The van der Waals surface area contributed by atoms with Crippen LogP contribution in [0.25, 0.3) is 0 Å². The van der Waals surface area contributed by atoms with Crippen LogP contribution in [-0.4, -0.2) is 36.2 Å². The number of carbonyl (C=O) groups is 2. The van der Waals surface area contributed by atoms with Crippen LogP contribution in [0.1, 0.15) is 18.4 Å². The van der Waals surface area contributed by atoms with Crippen molar-refractivity contribution in [3.8, 4) is 0 Å². The zero-order valence-corrected chi connectivity index (χ0v) is 12.0. The SMILES string of the molecule is C=CCOCCCC(=O)NC(Cc1ccccc1)C(=O)O. The molecule has 21 heavy (non-hydrogen) atoms. The van der Waals surface area contributed by atoms with E-state index in [4.69, 9.17) is 4.74 Å². The van der Waals surface area contributed by atoms with Crippen molar-refractivity contribution in [2.24, 2.45) is 0 Å². The monoisotopic (exact) mass is 291 g/mol. The molecule has 1 aromatic rings. The third-order valence-corrected chi connectivity index (χ3v) is 2.84. The molecule has 5 heteroatoms. The molecule has 0 saturated carbocycles. The Morgan fingerprint density at radius 2 is 2.05 bits per heavy atom. The molecule has 1 atom stereocenters. The maximum atomic E-state index is 11.7. The molecule has 1 amide bonds. The van der Waals surface area contributed by atoms with Gasteiger partial charge in [-0.05, 0) is 12.0 Å². The fourth-order valence-electron chi connectivity index (χ4n) is 1.82. The summed E-state index contributed by atoms with van der Waals surface area (Å²) in [6, 6.07) is 8.31. The fourth-order valence-corrected chi connectivity index (χ4v) is 1.82. The molecular formula is C16H21NO4. The number of carboxylic acid groups (broad SMARTS) is 1. The van der Waals surface area contributed by atoms with Crippen molar-refractivity contribution < 1.29 is 19.4 Å². The molecule has 1 aromatic carbocycles. The average Bonchev–Trinajstić information content (AvgIpc) is 2.47. The van der Waals surface area contributed by atoms with Crippen molar-refractivity contribution in [2.45, 2.75) is 25.3 Å². The van der Waals surface area contributed by atoms with Crippen LogP contribution in [-0.2, 0) is 20.7 Å². The average molecular weight is 291 g/mol. The van der Waals surface area contributed by atoms with Gasteiger partial charge < -0.3 is 15.2 Å². The Balaban J connectivity index is 2.38. The summed E-state index contributed by atoms with van der Waals surface area (Å²) in [4.78, 5) is 22.9. The topological polar surface area (TPSA) is 75.6 Å². The van der Waals surface area contributed by atoms with Crippen LogP contribution in [0, 0.1) is 0 Å². The number of carbonyl (C=O) groups excluding carboxylic acids is 1. The largest absolute Gasteiger partial charge is 0.480 e. The standard InChI is InChI=1S/C16H21NO4/c1-2-10-21-11-6-9-15(18)17-14(16(19)20)12-13-7-4-3-5-8-13/h2-5,7-8,14H,1,6,9-12H2,(H,17,18)(H,19,20). The van der Waals surface area contributed by atoms with Gasteiger partial charge in [0.25, 0.3) is 0 Å². The highest BCUT2D eigenvalue weighted by molar-refractivity contribution is 5.83. The van der Waals surface area contributed by atoms with Gasteiger partial charge in [-0.15, -0.1) is 6.58 Å². The van der Waals surface area contributed by atoms with Crippen LogP contribution < -0.4 is 5.32 Å². The van der Waals surface area contributed by atoms with E-state index >= 15 is 0 Å². The molecule has 0 heterocycles. The molecule has 5 nitrogen and oxygen atoms in total. The van der Waals surface area contributed by atoms with Crippen molar-refractivity contribution in [1.29, 1.82) is 0 Å². The summed E-state index contributed by atoms with van der Waals surface area (Å²) >= 11 is 0. The zero-order chi connectivity index (χ0) is 15.5. The second kappa shape index (κ2) is 9.72. The highest BCUT2D eigenvalue weighted by Crippen LogP contribution is 2.04. The zero-order valence-electron chi connectivity index (χ0n) is 12.0. The summed E-state index contributed by atoms with van der Waals surface area (Å²) in [6.45, 7) is 4.43. The minimum atomic E-state index is -1.03. The Kier molecular flexibility index (Phi) is 7.82. The molecule has 0 aromatic heterocycles. The molecule has 1 unspecified atom stereocenters. The molecule has 0 fully saturated rings. The van der Waals surface area contributed by atoms with Gasteiger partial charge in [-0.1, -0.05) is 36.4 Å². The number of hydrogen-bond acceptors (Lipinski definition) is 3. The van der Waals surface area contributed by atoms with Gasteiger partial charge in [0.15, 0.2) is 0 Å². The van der Waals surface area contributed by atoms with Crippen LogP contribution in [0.5, 0.6) is 0 Å². The van der Waals surface area contributed by atoms with E-state index in [9.17, 15) is 14.7 Å². The van der Waals surface area contributed by atoms with E-state index in [1.165, 1.54) is 0 Å². The molecule has 0 aliphatic heterocycles. The summed E-state index contributed by atoms with van der Waals surface area (Å²) in [5.41, 5.74) is 0.875. The van der Waals surface area contributed by atoms with Crippen molar-refractivity contribution >= 4 is 11.9 Å². The summed E-state index contributed by atoms with van der Waals surface area (Å²) in [7, 11) is 0. The summed E-state index contributed by atoms with van der Waals surface area (Å²) in [6.07, 6.45) is 2.71. The first-order valence-electron chi connectivity index (χ1n) is 6.88. The predicted octanol–water partition coefficient (Wildman–Crippen LogP) is 1.78. The molecule has 2 N–H and O–H groups in total. The Labute approximate surface area is 124 Å². The minimum Gasteiger partial charge on any atom is -0.480 e. The number of benzene rings is 1. The number of rotatable bonds is 10. The van der Waals surface area contributed by atoms with Crippen molar-refractivity contribution in [1.82, 2.24) is 5.32 Å². The minimum absolute atomic E-state index is 0.246. The van der Waals surface area contributed by atoms with Gasteiger partial charge in [-0.3, -0.25) is 4.79 Å². The van der Waals surface area contributed by atoms with Gasteiger partial charge in [0.2, 0.25) is 5.91 Å². The summed E-state index contributed by atoms with van der Waals surface area (Å²) in [5, 5.41) is 11.7. The van der Waals surface area contributed by atoms with Crippen LogP contribution in [0.2, 0.25) is 0 Å². The van der Waals surface area contributed by atoms with E-state index < -0.39 is 12.0 Å². The van der Waals surface area contributed by atoms with E-state index in [-0.39, 0.29) is 18.7 Å². The highest BCUT2D eigenvalue weighted by atomic mass is 16.5. The lowest BCUT2D eigenvalue weighted by Crippen LogP contribution is -2.42. The van der Waals surface area contributed by atoms with E-state index in [1.54, 1.807) is 6.08 Å². The lowest BCUT2D eigenvalue weighted by Gasteiger charge is -2.14. The Morgan fingerprint density at radius 3 is 2.67 bits per heavy atom. The van der Waals surface area contributed by atoms with Crippen LogP contribution in [0.15, 0.2) is 43.0 Å². The highest BCUT2D eigenvalue weighted by Gasteiger charge is 2.19. The first kappa shape index (κ1) is 16.9. The van der Waals surface area contributed by atoms with Gasteiger partial charge in [-0.25, -0.2) is 4.79 Å². The van der Waals surface area contributed by atoms with E-state index in [0.717, 1.165) is 5.56 Å². The van der Waals surface area contributed by atoms with Gasteiger partial charge in [-0.2, -0.15) is 0 Å². The number of nitrogens with one attached hydrogen (secondary N) is 1. The molecule has 0 spiro atoms. The third-order valence-electron chi connectivity index (χ3n) is 2.84. The predicted molar refractivity (Wildman–Crippen MR) is 80.0 cm³/mol. The maximum Gasteiger partial charge on any atom is 0.326 e. The molecular weight excluding hydrogens is 270 g/mol. The molecule has 0 saturated heterocycles. The van der Waals surface area contributed by atoms with Gasteiger partial charge >= 0.3 is 5.97 Å². The fraction of sp³-hybridized carbons (Fsp3) is 0.375. The quantitative estimate of drug-likeness (QED) is 0.509. The lowest BCUT2D eigenvalue weighted by molar-refractivity contribution is -0.141. The number of carboxylic acids is 1. The van der Waals surface area contributed by atoms with Gasteiger partial charge in [0.1, 0.15) is 6.04 Å². The third kappa shape index (κ3) is 7.27. The lowest BCUT2D eigenvalue weighted by atomic mass is 10.1. The van der Waals surface area contributed by atoms with Crippen molar-refractivity contribution in [2.75, 3.05) is 13.2 Å². The van der Waals surface area contributed by atoms with Gasteiger partial charge in [0, 0.05) is 19.4 Å². The molecule has 0 bridgehead atoms. The van der Waals surface area contributed by atoms with Crippen LogP contribution >= 0.6 is 0 Å². The Bertz CT molecular complexity index is 459.